The van der Waals surface area contributed by atoms with Gasteiger partial charge in [0.2, 0.25) is 0 Å². The van der Waals surface area contributed by atoms with Crippen molar-refractivity contribution in [3.05, 3.63) is 22.4 Å². The van der Waals surface area contributed by atoms with E-state index in [2.05, 4.69) is 5.32 Å². The number of carbonyl (C=O) groups excluding carboxylic acids is 2. The van der Waals surface area contributed by atoms with Gasteiger partial charge < -0.3 is 15.1 Å². The van der Waals surface area contributed by atoms with Gasteiger partial charge in [0, 0.05) is 38.6 Å². The number of carbonyl (C=O) groups is 2. The highest BCUT2D eigenvalue weighted by atomic mass is 32.1. The van der Waals surface area contributed by atoms with E-state index >= 15 is 0 Å². The summed E-state index contributed by atoms with van der Waals surface area (Å²) in [6.45, 7) is 1.67. The molecule has 2 heterocycles. The third-order valence-corrected chi connectivity index (χ3v) is 5.27. The molecule has 1 saturated carbocycles. The van der Waals surface area contributed by atoms with Crippen LogP contribution < -0.4 is 5.32 Å². The lowest BCUT2D eigenvalue weighted by Gasteiger charge is -2.45. The van der Waals surface area contributed by atoms with Gasteiger partial charge in [0.15, 0.2) is 0 Å². The molecule has 1 spiro atoms. The number of thiophene rings is 1. The second-order valence-corrected chi connectivity index (χ2v) is 7.22. The zero-order valence-electron chi connectivity index (χ0n) is 12.5. The van der Waals surface area contributed by atoms with E-state index < -0.39 is 0 Å². The summed E-state index contributed by atoms with van der Waals surface area (Å²) in [6.07, 6.45) is 3.03. The molecular weight excluding hydrogens is 286 g/mol. The van der Waals surface area contributed by atoms with Crippen molar-refractivity contribution in [2.45, 2.75) is 25.3 Å². The highest BCUT2D eigenvalue weighted by Crippen LogP contribution is 2.48. The van der Waals surface area contributed by atoms with Gasteiger partial charge in [-0.3, -0.25) is 4.79 Å². The van der Waals surface area contributed by atoms with Gasteiger partial charge in [0.1, 0.15) is 0 Å². The second-order valence-electron chi connectivity index (χ2n) is 6.44. The van der Waals surface area contributed by atoms with Crippen LogP contribution in [0.1, 0.15) is 29.6 Å². The molecule has 3 amide bonds. The van der Waals surface area contributed by atoms with E-state index in [0.29, 0.717) is 0 Å². The summed E-state index contributed by atoms with van der Waals surface area (Å²) in [4.78, 5) is 27.5. The van der Waals surface area contributed by atoms with E-state index in [1.54, 1.807) is 30.3 Å². The molecule has 0 unspecified atom stereocenters. The van der Waals surface area contributed by atoms with E-state index in [4.69, 9.17) is 0 Å². The molecule has 1 aliphatic heterocycles. The average Bonchev–Trinajstić information content (AvgIpc) is 3.06. The lowest BCUT2D eigenvalue weighted by molar-refractivity contribution is 0.0665. The number of likely N-dealkylation sites (tertiary alicyclic amines) is 1. The fourth-order valence-electron chi connectivity index (χ4n) is 3.40. The van der Waals surface area contributed by atoms with Crippen molar-refractivity contribution < 1.29 is 9.59 Å². The smallest absolute Gasteiger partial charge is 0.317 e. The largest absolute Gasteiger partial charge is 0.338 e. The highest BCUT2D eigenvalue weighted by Gasteiger charge is 2.49. The van der Waals surface area contributed by atoms with Crippen LogP contribution in [0.3, 0.4) is 0 Å². The maximum absolute atomic E-state index is 12.3. The zero-order chi connectivity index (χ0) is 15.0. The van der Waals surface area contributed by atoms with Crippen LogP contribution >= 0.6 is 11.3 Å². The SMILES string of the molecule is CN(C)C(=O)NC1CC2(CCN(C(=O)c3ccsc3)C2)C1. The number of nitrogens with zero attached hydrogens (tertiary/aromatic N) is 2. The van der Waals surface area contributed by atoms with E-state index in [9.17, 15) is 9.59 Å². The summed E-state index contributed by atoms with van der Waals surface area (Å²) >= 11 is 1.56. The Morgan fingerprint density at radius 3 is 2.81 bits per heavy atom. The molecule has 114 valence electrons. The first-order chi connectivity index (χ1) is 9.99. The Kier molecular flexibility index (Phi) is 3.65. The number of rotatable bonds is 2. The maximum atomic E-state index is 12.3. The monoisotopic (exact) mass is 307 g/mol. The number of hydrogen-bond acceptors (Lipinski definition) is 3. The molecular formula is C15H21N3O2S. The number of urea groups is 1. The molecule has 1 N–H and O–H groups in total. The third-order valence-electron chi connectivity index (χ3n) is 4.59. The Morgan fingerprint density at radius 1 is 1.43 bits per heavy atom. The molecule has 6 heteroatoms. The first kappa shape index (κ1) is 14.4. The lowest BCUT2D eigenvalue weighted by Crippen LogP contribution is -2.54. The van der Waals surface area contributed by atoms with Crippen molar-refractivity contribution in [3.63, 3.8) is 0 Å². The molecule has 0 bridgehead atoms. The minimum absolute atomic E-state index is 0.0287. The normalized spacial score (nSPS) is 27.5. The molecule has 0 aromatic carbocycles. The Morgan fingerprint density at radius 2 is 2.19 bits per heavy atom. The molecule has 2 fully saturated rings. The molecule has 0 radical (unpaired) electrons. The van der Waals surface area contributed by atoms with Gasteiger partial charge in [0.25, 0.3) is 5.91 Å². The molecule has 1 saturated heterocycles. The molecule has 3 rings (SSSR count). The summed E-state index contributed by atoms with van der Waals surface area (Å²) in [5.41, 5.74) is 1.03. The first-order valence-corrected chi connectivity index (χ1v) is 8.23. The van der Waals surface area contributed by atoms with E-state index in [0.717, 1.165) is 37.9 Å². The van der Waals surface area contributed by atoms with E-state index in [1.807, 2.05) is 21.7 Å². The quantitative estimate of drug-likeness (QED) is 0.909. The van der Waals surface area contributed by atoms with Crippen molar-refractivity contribution in [3.8, 4) is 0 Å². The van der Waals surface area contributed by atoms with Crippen LogP contribution in [0.2, 0.25) is 0 Å². The van der Waals surface area contributed by atoms with Gasteiger partial charge in [-0.2, -0.15) is 11.3 Å². The topological polar surface area (TPSA) is 52.7 Å². The summed E-state index contributed by atoms with van der Waals surface area (Å²) < 4.78 is 0. The second kappa shape index (κ2) is 5.33. The van der Waals surface area contributed by atoms with Crippen LogP contribution in [0.15, 0.2) is 16.8 Å². The van der Waals surface area contributed by atoms with Crippen LogP contribution in [0.25, 0.3) is 0 Å². The minimum atomic E-state index is -0.0287. The van der Waals surface area contributed by atoms with Gasteiger partial charge in [-0.05, 0) is 36.1 Å². The standard InChI is InChI=1S/C15H21N3O2S/c1-17(2)14(20)16-12-7-15(8-12)4-5-18(10-15)13(19)11-3-6-21-9-11/h3,6,9,12H,4-5,7-8,10H2,1-2H3,(H,16,20). The van der Waals surface area contributed by atoms with Gasteiger partial charge in [-0.15, -0.1) is 0 Å². The number of amides is 3. The van der Waals surface area contributed by atoms with Gasteiger partial charge in [-0.25, -0.2) is 4.79 Å². The number of hydrogen-bond donors (Lipinski definition) is 1. The predicted molar refractivity (Wildman–Crippen MR) is 82.5 cm³/mol. The molecule has 1 aromatic heterocycles. The Hall–Kier alpha value is -1.56. The van der Waals surface area contributed by atoms with E-state index in [-0.39, 0.29) is 23.4 Å². The summed E-state index contributed by atoms with van der Waals surface area (Å²) in [6, 6.07) is 2.12. The first-order valence-electron chi connectivity index (χ1n) is 7.28. The van der Waals surface area contributed by atoms with Gasteiger partial charge in [-0.1, -0.05) is 0 Å². The van der Waals surface area contributed by atoms with Crippen molar-refractivity contribution in [1.29, 1.82) is 0 Å². The van der Waals surface area contributed by atoms with Crippen molar-refractivity contribution in [2.75, 3.05) is 27.2 Å². The zero-order valence-corrected chi connectivity index (χ0v) is 13.3. The molecule has 0 atom stereocenters. The molecule has 1 aliphatic carbocycles. The Labute approximate surface area is 128 Å². The average molecular weight is 307 g/mol. The molecule has 2 aliphatic rings. The third kappa shape index (κ3) is 2.77. The van der Waals surface area contributed by atoms with Crippen LogP contribution in [0.4, 0.5) is 4.79 Å². The van der Waals surface area contributed by atoms with Crippen molar-refractivity contribution in [2.24, 2.45) is 5.41 Å². The fraction of sp³-hybridized carbons (Fsp3) is 0.600. The highest BCUT2D eigenvalue weighted by molar-refractivity contribution is 7.08. The summed E-state index contributed by atoms with van der Waals surface area (Å²) in [5.74, 6) is 0.147. The van der Waals surface area contributed by atoms with Crippen LogP contribution in [0, 0.1) is 5.41 Å². The fourth-order valence-corrected chi connectivity index (χ4v) is 4.03. The van der Waals surface area contributed by atoms with Gasteiger partial charge in [0.05, 0.1) is 5.56 Å². The van der Waals surface area contributed by atoms with Crippen molar-refractivity contribution in [1.82, 2.24) is 15.1 Å². The summed E-state index contributed by atoms with van der Waals surface area (Å²) in [5, 5.41) is 6.87. The summed E-state index contributed by atoms with van der Waals surface area (Å²) in [7, 11) is 3.50. The lowest BCUT2D eigenvalue weighted by atomic mass is 9.65. The van der Waals surface area contributed by atoms with Gasteiger partial charge >= 0.3 is 6.03 Å². The predicted octanol–water partition coefficient (Wildman–Crippen LogP) is 2.01. The van der Waals surface area contributed by atoms with Crippen LogP contribution in [0.5, 0.6) is 0 Å². The number of nitrogens with one attached hydrogen (secondary N) is 1. The molecule has 5 nitrogen and oxygen atoms in total. The Balaban J connectivity index is 1.52. The van der Waals surface area contributed by atoms with Crippen LogP contribution in [-0.2, 0) is 0 Å². The van der Waals surface area contributed by atoms with Crippen molar-refractivity contribution >= 4 is 23.3 Å². The molecule has 21 heavy (non-hydrogen) atoms. The Bertz CT molecular complexity index is 535. The minimum Gasteiger partial charge on any atom is -0.338 e. The molecule has 1 aromatic rings. The van der Waals surface area contributed by atoms with Crippen LogP contribution in [-0.4, -0.2) is 55.0 Å². The van der Waals surface area contributed by atoms with E-state index in [1.165, 1.54) is 0 Å². The maximum Gasteiger partial charge on any atom is 0.317 e.